The molecule has 96 valence electrons. The average molecular weight is 336 g/mol. The maximum absolute atomic E-state index is 11.9. The van der Waals surface area contributed by atoms with Crippen LogP contribution in [0.1, 0.15) is 13.3 Å². The summed E-state index contributed by atoms with van der Waals surface area (Å²) in [6.07, 6.45) is 2.67. The molecule has 19 heavy (non-hydrogen) atoms. The van der Waals surface area contributed by atoms with Crippen molar-refractivity contribution in [2.75, 3.05) is 5.32 Å². The second-order valence-corrected chi connectivity index (χ2v) is 6.14. The van der Waals surface area contributed by atoms with E-state index in [2.05, 4.69) is 39.1 Å². The fourth-order valence-corrected chi connectivity index (χ4v) is 3.02. The van der Waals surface area contributed by atoms with Crippen LogP contribution in [0.4, 0.5) is 5.82 Å². The molecule has 0 aromatic carbocycles. The van der Waals surface area contributed by atoms with Gasteiger partial charge in [0.05, 0.1) is 0 Å². The van der Waals surface area contributed by atoms with E-state index >= 15 is 0 Å². The Morgan fingerprint density at radius 1 is 1.53 bits per heavy atom. The molecule has 2 heterocycles. The van der Waals surface area contributed by atoms with E-state index in [1.54, 1.807) is 12.3 Å². The van der Waals surface area contributed by atoms with Gasteiger partial charge in [-0.05, 0) is 0 Å². The minimum absolute atomic E-state index is 0.0482. The van der Waals surface area contributed by atoms with Crippen molar-refractivity contribution in [1.82, 2.24) is 9.97 Å². The van der Waals surface area contributed by atoms with Gasteiger partial charge in [-0.25, -0.2) is 0 Å². The number of rotatable bonds is 2. The van der Waals surface area contributed by atoms with Crippen LogP contribution >= 0.6 is 11.6 Å². The number of hydrogen-bond donors (Lipinski definition) is 1. The van der Waals surface area contributed by atoms with Crippen LogP contribution in [0.2, 0.25) is 5.15 Å². The maximum atomic E-state index is 11.9. The van der Waals surface area contributed by atoms with E-state index in [-0.39, 0.29) is 11.8 Å². The van der Waals surface area contributed by atoms with Gasteiger partial charge < -0.3 is 0 Å². The van der Waals surface area contributed by atoms with Gasteiger partial charge >= 0.3 is 124 Å². The Kier molecular flexibility index (Phi) is 3.23. The number of anilines is 1. The summed E-state index contributed by atoms with van der Waals surface area (Å²) in [5.41, 5.74) is 0. The SMILES string of the molecule is CC1CC1C(=O)Nc1cc2cc(Cl)nc([As])c2cn1. The van der Waals surface area contributed by atoms with E-state index < -0.39 is 0 Å². The van der Waals surface area contributed by atoms with E-state index in [1.165, 1.54) is 0 Å². The summed E-state index contributed by atoms with van der Waals surface area (Å²) in [6, 6.07) is 3.59. The van der Waals surface area contributed by atoms with Crippen LogP contribution in [-0.4, -0.2) is 32.7 Å². The molecule has 2 aromatic rings. The van der Waals surface area contributed by atoms with Crippen LogP contribution in [0.5, 0.6) is 0 Å². The quantitative estimate of drug-likeness (QED) is 0.671. The predicted octanol–water partition coefficient (Wildman–Crippen LogP) is 1.67. The van der Waals surface area contributed by atoms with Gasteiger partial charge in [-0.2, -0.15) is 0 Å². The molecule has 1 aliphatic rings. The first-order chi connectivity index (χ1) is 9.04. The van der Waals surface area contributed by atoms with Gasteiger partial charge in [0.25, 0.3) is 0 Å². The van der Waals surface area contributed by atoms with Crippen molar-refractivity contribution >= 4 is 55.4 Å². The Balaban J connectivity index is 1.91. The van der Waals surface area contributed by atoms with E-state index in [9.17, 15) is 4.79 Å². The Hall–Kier alpha value is -1.12. The first kappa shape index (κ1) is 12.9. The number of amides is 1. The van der Waals surface area contributed by atoms with Gasteiger partial charge in [0.15, 0.2) is 0 Å². The van der Waals surface area contributed by atoms with Gasteiger partial charge in [-0.1, -0.05) is 0 Å². The number of halogens is 1. The number of carbonyl (C=O) groups excluding carboxylic acids is 1. The van der Waals surface area contributed by atoms with Crippen molar-refractivity contribution in [3.8, 4) is 0 Å². The molecular weight excluding hydrogens is 325 g/mol. The fraction of sp³-hybridized carbons (Fsp3) is 0.308. The topological polar surface area (TPSA) is 54.9 Å². The van der Waals surface area contributed by atoms with Gasteiger partial charge in [0.2, 0.25) is 0 Å². The number of pyridine rings is 2. The summed E-state index contributed by atoms with van der Waals surface area (Å²) in [5.74, 6) is 1.23. The van der Waals surface area contributed by atoms with E-state index in [0.717, 1.165) is 21.7 Å². The summed E-state index contributed by atoms with van der Waals surface area (Å²) in [4.78, 5) is 20.3. The molecule has 2 radical (unpaired) electrons. The molecule has 2 unspecified atom stereocenters. The molecule has 1 fully saturated rings. The number of hydrogen-bond acceptors (Lipinski definition) is 3. The molecule has 0 bridgehead atoms. The first-order valence-electron chi connectivity index (χ1n) is 6.00. The van der Waals surface area contributed by atoms with Crippen LogP contribution in [0.3, 0.4) is 0 Å². The summed E-state index contributed by atoms with van der Waals surface area (Å²) in [5, 5.41) is 5.12. The Morgan fingerprint density at radius 2 is 2.26 bits per heavy atom. The van der Waals surface area contributed by atoms with Crippen molar-refractivity contribution < 1.29 is 4.79 Å². The van der Waals surface area contributed by atoms with Crippen LogP contribution in [0.15, 0.2) is 18.3 Å². The molecule has 1 aliphatic carbocycles. The molecule has 6 heteroatoms. The normalized spacial score (nSPS) is 21.4. The molecule has 2 aromatic heterocycles. The zero-order valence-corrected chi connectivity index (χ0v) is 12.9. The molecule has 3 rings (SSSR count). The van der Waals surface area contributed by atoms with Gasteiger partial charge in [0.1, 0.15) is 0 Å². The summed E-state index contributed by atoms with van der Waals surface area (Å²) >= 11 is 8.31. The minimum atomic E-state index is 0.0482. The molecule has 0 aliphatic heterocycles. The fourth-order valence-electron chi connectivity index (χ4n) is 2.07. The van der Waals surface area contributed by atoms with Gasteiger partial charge in [0, 0.05) is 0 Å². The second-order valence-electron chi connectivity index (χ2n) is 4.87. The van der Waals surface area contributed by atoms with Crippen molar-refractivity contribution in [3.05, 3.63) is 23.5 Å². The van der Waals surface area contributed by atoms with Crippen LogP contribution in [0.25, 0.3) is 10.8 Å². The number of aromatic nitrogens is 2. The van der Waals surface area contributed by atoms with E-state index in [4.69, 9.17) is 11.6 Å². The zero-order valence-electron chi connectivity index (χ0n) is 10.2. The summed E-state index contributed by atoms with van der Waals surface area (Å²) in [6.45, 7) is 2.07. The average Bonchev–Trinajstić information content (AvgIpc) is 3.05. The third kappa shape index (κ3) is 2.60. The Bertz CT molecular complexity index is 676. The second kappa shape index (κ2) is 4.77. The molecular formula is C13H11AsClN3O. The number of carbonyl (C=O) groups is 1. The number of nitrogens with zero attached hydrogens (tertiary/aromatic N) is 2. The molecule has 1 N–H and O–H groups in total. The molecule has 1 saturated carbocycles. The van der Waals surface area contributed by atoms with Gasteiger partial charge in [-0.15, -0.1) is 0 Å². The Labute approximate surface area is 124 Å². The summed E-state index contributed by atoms with van der Waals surface area (Å²) < 4.78 is 0.774. The molecule has 0 spiro atoms. The number of nitrogens with one attached hydrogen (secondary N) is 1. The summed E-state index contributed by atoms with van der Waals surface area (Å²) in [7, 11) is 0. The van der Waals surface area contributed by atoms with E-state index in [0.29, 0.717) is 16.9 Å². The Morgan fingerprint density at radius 3 is 2.95 bits per heavy atom. The van der Waals surface area contributed by atoms with Crippen LogP contribution in [0, 0.1) is 11.8 Å². The number of fused-ring (bicyclic) bond motifs is 1. The predicted molar refractivity (Wildman–Crippen MR) is 75.8 cm³/mol. The zero-order chi connectivity index (χ0) is 13.6. The van der Waals surface area contributed by atoms with Crippen molar-refractivity contribution in [2.45, 2.75) is 13.3 Å². The molecule has 1 amide bonds. The van der Waals surface area contributed by atoms with Gasteiger partial charge in [-0.3, -0.25) is 0 Å². The molecule has 0 saturated heterocycles. The van der Waals surface area contributed by atoms with Crippen molar-refractivity contribution in [1.29, 1.82) is 0 Å². The third-order valence-electron chi connectivity index (χ3n) is 3.36. The monoisotopic (exact) mass is 335 g/mol. The standard InChI is InChI=1S/C13H11AsClN3O/c1-6-2-8(6)13(19)18-11-4-7-3-10(15)17-12(14)9(7)5-16-11/h3-6,8H,2H2,1H3,(H,16,18,19). The van der Waals surface area contributed by atoms with Crippen LogP contribution in [-0.2, 0) is 4.79 Å². The van der Waals surface area contributed by atoms with Crippen LogP contribution < -0.4 is 9.80 Å². The van der Waals surface area contributed by atoms with Crippen molar-refractivity contribution in [2.24, 2.45) is 11.8 Å². The third-order valence-corrected chi connectivity index (χ3v) is 4.27. The van der Waals surface area contributed by atoms with E-state index in [1.807, 2.05) is 6.07 Å². The molecule has 4 nitrogen and oxygen atoms in total. The molecule has 2 atom stereocenters. The first-order valence-corrected chi connectivity index (χ1v) is 7.32. The van der Waals surface area contributed by atoms with Crippen molar-refractivity contribution in [3.63, 3.8) is 0 Å².